The van der Waals surface area contributed by atoms with Gasteiger partial charge in [0.2, 0.25) is 10.0 Å². The maximum Gasteiger partial charge on any atom is 0.327 e. The van der Waals surface area contributed by atoms with Gasteiger partial charge in [0.15, 0.2) is 5.54 Å². The van der Waals surface area contributed by atoms with Gasteiger partial charge in [-0.25, -0.2) is 13.4 Å². The molecule has 1 aromatic carbocycles. The van der Waals surface area contributed by atoms with Gasteiger partial charge >= 0.3 is 5.97 Å². The standard InChI is InChI=1S/C13H14N2O5S2/c1-8-14-10-3-2-9(6-11(10)21-8)22(18,19)15-13(12(16)17)4-5-20-7-13/h2-3,6,15H,4-5,7H2,1H3,(H,16,17). The predicted molar refractivity (Wildman–Crippen MR) is 80.5 cm³/mol. The zero-order valence-electron chi connectivity index (χ0n) is 11.7. The summed E-state index contributed by atoms with van der Waals surface area (Å²) in [6.07, 6.45) is 0.101. The van der Waals surface area contributed by atoms with Gasteiger partial charge in [-0.05, 0) is 25.1 Å². The first-order valence-corrected chi connectivity index (χ1v) is 8.85. The third-order valence-corrected chi connectivity index (χ3v) is 6.01. The summed E-state index contributed by atoms with van der Waals surface area (Å²) in [6, 6.07) is 4.55. The molecule has 1 atom stereocenters. The minimum atomic E-state index is -3.96. The number of carboxylic acids is 1. The summed E-state index contributed by atoms with van der Waals surface area (Å²) >= 11 is 1.39. The van der Waals surface area contributed by atoms with Crippen LogP contribution in [0.3, 0.4) is 0 Å². The second-order valence-electron chi connectivity index (χ2n) is 5.16. The van der Waals surface area contributed by atoms with Crippen LogP contribution >= 0.6 is 11.3 Å². The Bertz CT molecular complexity index is 837. The van der Waals surface area contributed by atoms with Gasteiger partial charge in [-0.15, -0.1) is 11.3 Å². The first-order chi connectivity index (χ1) is 10.3. The van der Waals surface area contributed by atoms with Crippen LogP contribution in [0.2, 0.25) is 0 Å². The van der Waals surface area contributed by atoms with Gasteiger partial charge in [0.25, 0.3) is 0 Å². The van der Waals surface area contributed by atoms with E-state index in [0.29, 0.717) is 0 Å². The number of ether oxygens (including phenoxy) is 1. The summed E-state index contributed by atoms with van der Waals surface area (Å²) in [5.74, 6) is -1.23. The Balaban J connectivity index is 1.98. The number of carboxylic acid groups (broad SMARTS) is 1. The van der Waals surface area contributed by atoms with Crippen LogP contribution in [-0.2, 0) is 19.6 Å². The summed E-state index contributed by atoms with van der Waals surface area (Å²) in [7, 11) is -3.96. The van der Waals surface area contributed by atoms with Crippen LogP contribution in [0.5, 0.6) is 0 Å². The molecule has 3 rings (SSSR count). The molecule has 7 nitrogen and oxygen atoms in total. The zero-order valence-corrected chi connectivity index (χ0v) is 13.3. The molecule has 0 amide bonds. The van der Waals surface area contributed by atoms with Gasteiger partial charge in [0.05, 0.1) is 26.7 Å². The highest BCUT2D eigenvalue weighted by molar-refractivity contribution is 7.89. The summed E-state index contributed by atoms with van der Waals surface area (Å²) in [6.45, 7) is 1.87. The molecular formula is C13H14N2O5S2. The monoisotopic (exact) mass is 342 g/mol. The van der Waals surface area contributed by atoms with Crippen molar-refractivity contribution in [3.8, 4) is 0 Å². The average Bonchev–Trinajstić information content (AvgIpc) is 3.03. The van der Waals surface area contributed by atoms with Gasteiger partial charge in [0, 0.05) is 13.0 Å². The Labute approximate surface area is 131 Å². The van der Waals surface area contributed by atoms with Crippen LogP contribution in [-0.4, -0.2) is 43.2 Å². The van der Waals surface area contributed by atoms with Crippen molar-refractivity contribution in [2.75, 3.05) is 13.2 Å². The largest absolute Gasteiger partial charge is 0.480 e. The second-order valence-corrected chi connectivity index (χ2v) is 8.07. The van der Waals surface area contributed by atoms with E-state index in [-0.39, 0.29) is 24.5 Å². The number of nitrogens with one attached hydrogen (secondary N) is 1. The molecule has 1 aromatic heterocycles. The third-order valence-electron chi connectivity index (χ3n) is 3.54. The van der Waals surface area contributed by atoms with E-state index < -0.39 is 21.5 Å². The first-order valence-electron chi connectivity index (χ1n) is 6.55. The molecule has 1 saturated heterocycles. The molecule has 0 saturated carbocycles. The fraction of sp³-hybridized carbons (Fsp3) is 0.385. The Morgan fingerprint density at radius 3 is 2.91 bits per heavy atom. The lowest BCUT2D eigenvalue weighted by Gasteiger charge is -2.23. The third kappa shape index (κ3) is 2.60. The minimum absolute atomic E-state index is 0.0242. The van der Waals surface area contributed by atoms with E-state index in [1.807, 2.05) is 6.92 Å². The zero-order chi connectivity index (χ0) is 16.0. The fourth-order valence-electron chi connectivity index (χ4n) is 2.36. The predicted octanol–water partition coefficient (Wildman–Crippen LogP) is 1.13. The van der Waals surface area contributed by atoms with Crippen LogP contribution in [0.15, 0.2) is 23.1 Å². The van der Waals surface area contributed by atoms with Crippen LogP contribution in [0.1, 0.15) is 11.4 Å². The number of aliphatic carboxylic acids is 1. The Morgan fingerprint density at radius 2 is 2.27 bits per heavy atom. The molecule has 2 aromatic rings. The lowest BCUT2D eigenvalue weighted by atomic mass is 10.0. The topological polar surface area (TPSA) is 106 Å². The quantitative estimate of drug-likeness (QED) is 0.863. The van der Waals surface area contributed by atoms with Gasteiger partial charge in [0.1, 0.15) is 0 Å². The lowest BCUT2D eigenvalue weighted by molar-refractivity contribution is -0.144. The number of fused-ring (bicyclic) bond motifs is 1. The van der Waals surface area contributed by atoms with Crippen molar-refractivity contribution in [2.24, 2.45) is 0 Å². The SMILES string of the molecule is Cc1nc2ccc(S(=O)(=O)NC3(C(=O)O)CCOC3)cc2s1. The van der Waals surface area contributed by atoms with Crippen molar-refractivity contribution in [1.82, 2.24) is 9.71 Å². The molecule has 2 heterocycles. The lowest BCUT2D eigenvalue weighted by Crippen LogP contribution is -2.54. The molecule has 1 aliphatic heterocycles. The molecule has 1 unspecified atom stereocenters. The molecule has 2 N–H and O–H groups in total. The number of hydrogen-bond donors (Lipinski definition) is 2. The van der Waals surface area contributed by atoms with Crippen LogP contribution in [0.25, 0.3) is 10.2 Å². The number of aryl methyl sites for hydroxylation is 1. The van der Waals surface area contributed by atoms with Crippen molar-refractivity contribution in [1.29, 1.82) is 0 Å². The van der Waals surface area contributed by atoms with Crippen LogP contribution in [0, 0.1) is 6.92 Å². The van der Waals surface area contributed by atoms with Gasteiger partial charge in [-0.3, -0.25) is 4.79 Å². The molecule has 0 spiro atoms. The molecular weight excluding hydrogens is 328 g/mol. The van der Waals surface area contributed by atoms with Crippen molar-refractivity contribution in [3.63, 3.8) is 0 Å². The maximum absolute atomic E-state index is 12.5. The Morgan fingerprint density at radius 1 is 1.50 bits per heavy atom. The molecule has 118 valence electrons. The minimum Gasteiger partial charge on any atom is -0.480 e. The fourth-order valence-corrected chi connectivity index (χ4v) is 4.70. The van der Waals surface area contributed by atoms with Crippen LogP contribution in [0.4, 0.5) is 0 Å². The molecule has 9 heteroatoms. The van der Waals surface area contributed by atoms with Crippen molar-refractivity contribution < 1.29 is 23.1 Å². The summed E-state index contributed by atoms with van der Waals surface area (Å²) < 4.78 is 33.1. The number of aromatic nitrogens is 1. The molecule has 0 bridgehead atoms. The molecule has 0 radical (unpaired) electrons. The van der Waals surface area contributed by atoms with Gasteiger partial charge in [-0.2, -0.15) is 4.72 Å². The summed E-state index contributed by atoms with van der Waals surface area (Å²) in [4.78, 5) is 15.7. The van der Waals surface area contributed by atoms with E-state index in [9.17, 15) is 18.3 Å². The second kappa shape index (κ2) is 5.27. The van der Waals surface area contributed by atoms with E-state index in [2.05, 4.69) is 9.71 Å². The summed E-state index contributed by atoms with van der Waals surface area (Å²) in [5, 5.41) is 10.2. The van der Waals surface area contributed by atoms with E-state index >= 15 is 0 Å². The van der Waals surface area contributed by atoms with E-state index in [1.54, 1.807) is 6.07 Å². The first kappa shape index (κ1) is 15.3. The average molecular weight is 342 g/mol. The maximum atomic E-state index is 12.5. The number of rotatable bonds is 4. The highest BCUT2D eigenvalue weighted by Crippen LogP contribution is 2.27. The van der Waals surface area contributed by atoms with Crippen LogP contribution < -0.4 is 4.72 Å². The number of sulfonamides is 1. The number of carbonyl (C=O) groups is 1. The Kier molecular flexibility index (Phi) is 3.68. The highest BCUT2D eigenvalue weighted by Gasteiger charge is 2.46. The van der Waals surface area contributed by atoms with E-state index in [1.165, 1.54) is 23.5 Å². The van der Waals surface area contributed by atoms with Crippen molar-refractivity contribution in [3.05, 3.63) is 23.2 Å². The number of nitrogens with zero attached hydrogens (tertiary/aromatic N) is 1. The number of hydrogen-bond acceptors (Lipinski definition) is 6. The normalized spacial score (nSPS) is 22.2. The Hall–Kier alpha value is -1.55. The van der Waals surface area contributed by atoms with Crippen molar-refractivity contribution in [2.45, 2.75) is 23.8 Å². The van der Waals surface area contributed by atoms with E-state index in [0.717, 1.165) is 15.2 Å². The van der Waals surface area contributed by atoms with Crippen molar-refractivity contribution >= 4 is 37.5 Å². The molecule has 22 heavy (non-hydrogen) atoms. The molecule has 0 aliphatic carbocycles. The molecule has 1 fully saturated rings. The number of benzene rings is 1. The summed E-state index contributed by atoms with van der Waals surface area (Å²) in [5.41, 5.74) is -0.879. The van der Waals surface area contributed by atoms with E-state index in [4.69, 9.17) is 4.74 Å². The molecule has 1 aliphatic rings. The van der Waals surface area contributed by atoms with Gasteiger partial charge < -0.3 is 9.84 Å². The number of thiazole rings is 1. The highest BCUT2D eigenvalue weighted by atomic mass is 32.2. The smallest absolute Gasteiger partial charge is 0.327 e. The van der Waals surface area contributed by atoms with Gasteiger partial charge in [-0.1, -0.05) is 0 Å².